The summed E-state index contributed by atoms with van der Waals surface area (Å²) in [4.78, 5) is 11.4. The van der Waals surface area contributed by atoms with Gasteiger partial charge in [-0.2, -0.15) is 0 Å². The molecule has 2 aromatic carbocycles. The van der Waals surface area contributed by atoms with E-state index in [0.29, 0.717) is 11.1 Å². The lowest BCUT2D eigenvalue weighted by molar-refractivity contribution is -0.138. The Kier molecular flexibility index (Phi) is 4.17. The standard InChI is InChI=1S/C15H12ClFO2/c16-14-9-12(17)7-6-11(14)8-13(15(18)19)10-4-2-1-3-5-10/h1-7,9,13H,8H2,(H,18,19). The SMILES string of the molecule is O=C(O)C(Cc1ccc(F)cc1Cl)c1ccccc1. The fourth-order valence-electron chi connectivity index (χ4n) is 1.94. The lowest BCUT2D eigenvalue weighted by Gasteiger charge is -2.13. The Morgan fingerprint density at radius 1 is 1.21 bits per heavy atom. The topological polar surface area (TPSA) is 37.3 Å². The van der Waals surface area contributed by atoms with Crippen LogP contribution >= 0.6 is 11.6 Å². The number of carboxylic acids is 1. The minimum Gasteiger partial charge on any atom is -0.481 e. The molecule has 0 bridgehead atoms. The molecule has 0 amide bonds. The van der Waals surface area contributed by atoms with E-state index in [2.05, 4.69) is 0 Å². The molecule has 0 aromatic heterocycles. The highest BCUT2D eigenvalue weighted by Gasteiger charge is 2.21. The Bertz CT molecular complexity index is 584. The predicted octanol–water partition coefficient (Wildman–Crippen LogP) is 3.89. The zero-order valence-electron chi connectivity index (χ0n) is 10.0. The second kappa shape index (κ2) is 5.85. The van der Waals surface area contributed by atoms with E-state index in [1.54, 1.807) is 24.3 Å². The average molecular weight is 279 g/mol. The lowest BCUT2D eigenvalue weighted by Crippen LogP contribution is -2.14. The molecule has 1 atom stereocenters. The smallest absolute Gasteiger partial charge is 0.311 e. The third-order valence-corrected chi connectivity index (χ3v) is 3.29. The Labute approximate surface area is 115 Å². The van der Waals surface area contributed by atoms with Crippen molar-refractivity contribution in [1.82, 2.24) is 0 Å². The molecular weight excluding hydrogens is 267 g/mol. The number of carbonyl (C=O) groups is 1. The first-order valence-electron chi connectivity index (χ1n) is 5.79. The van der Waals surface area contributed by atoms with Crippen LogP contribution in [0.5, 0.6) is 0 Å². The highest BCUT2D eigenvalue weighted by atomic mass is 35.5. The molecule has 2 aromatic rings. The maximum absolute atomic E-state index is 13.0. The van der Waals surface area contributed by atoms with E-state index >= 15 is 0 Å². The number of rotatable bonds is 4. The fraction of sp³-hybridized carbons (Fsp3) is 0.133. The first kappa shape index (κ1) is 13.6. The predicted molar refractivity (Wildman–Crippen MR) is 71.9 cm³/mol. The maximum atomic E-state index is 13.0. The van der Waals surface area contributed by atoms with E-state index in [1.807, 2.05) is 6.07 Å². The zero-order valence-corrected chi connectivity index (χ0v) is 10.8. The van der Waals surface area contributed by atoms with Gasteiger partial charge in [-0.3, -0.25) is 4.79 Å². The zero-order chi connectivity index (χ0) is 13.8. The summed E-state index contributed by atoms with van der Waals surface area (Å²) in [7, 11) is 0. The van der Waals surface area contributed by atoms with Crippen molar-refractivity contribution < 1.29 is 14.3 Å². The molecule has 0 saturated heterocycles. The Morgan fingerprint density at radius 2 is 1.89 bits per heavy atom. The summed E-state index contributed by atoms with van der Waals surface area (Å²) in [5.41, 5.74) is 1.33. The van der Waals surface area contributed by atoms with E-state index in [9.17, 15) is 14.3 Å². The van der Waals surface area contributed by atoms with Crippen LogP contribution in [0.15, 0.2) is 48.5 Å². The molecule has 1 unspecified atom stereocenters. The van der Waals surface area contributed by atoms with E-state index < -0.39 is 17.7 Å². The molecule has 19 heavy (non-hydrogen) atoms. The molecule has 0 heterocycles. The molecule has 0 aliphatic heterocycles. The van der Waals surface area contributed by atoms with Crippen LogP contribution in [0.3, 0.4) is 0 Å². The van der Waals surface area contributed by atoms with Gasteiger partial charge in [0.25, 0.3) is 0 Å². The number of halogens is 2. The number of carboxylic acid groups (broad SMARTS) is 1. The average Bonchev–Trinajstić information content (AvgIpc) is 2.38. The van der Waals surface area contributed by atoms with Gasteiger partial charge in [-0.1, -0.05) is 48.0 Å². The third kappa shape index (κ3) is 3.32. The summed E-state index contributed by atoms with van der Waals surface area (Å²) in [6, 6.07) is 12.9. The molecule has 0 fully saturated rings. The fourth-order valence-corrected chi connectivity index (χ4v) is 2.18. The van der Waals surface area contributed by atoms with Gasteiger partial charge in [0, 0.05) is 5.02 Å². The Balaban J connectivity index is 2.29. The normalized spacial score (nSPS) is 12.1. The Morgan fingerprint density at radius 3 is 2.47 bits per heavy atom. The highest BCUT2D eigenvalue weighted by molar-refractivity contribution is 6.31. The van der Waals surface area contributed by atoms with Gasteiger partial charge in [0.15, 0.2) is 0 Å². The largest absolute Gasteiger partial charge is 0.481 e. The second-order valence-corrected chi connectivity index (χ2v) is 4.65. The van der Waals surface area contributed by atoms with Gasteiger partial charge < -0.3 is 5.11 Å². The van der Waals surface area contributed by atoms with Gasteiger partial charge in [0.2, 0.25) is 0 Å². The van der Waals surface area contributed by atoms with E-state index in [-0.39, 0.29) is 11.4 Å². The minimum absolute atomic E-state index is 0.235. The molecule has 0 saturated carbocycles. The molecule has 4 heteroatoms. The van der Waals surface area contributed by atoms with Crippen molar-refractivity contribution in [3.05, 3.63) is 70.5 Å². The van der Waals surface area contributed by atoms with Crippen molar-refractivity contribution in [3.63, 3.8) is 0 Å². The number of benzene rings is 2. The first-order valence-corrected chi connectivity index (χ1v) is 6.17. The summed E-state index contributed by atoms with van der Waals surface area (Å²) in [6.07, 6.45) is 0.235. The van der Waals surface area contributed by atoms with Crippen molar-refractivity contribution >= 4 is 17.6 Å². The van der Waals surface area contributed by atoms with Crippen molar-refractivity contribution in [3.8, 4) is 0 Å². The van der Waals surface area contributed by atoms with Gasteiger partial charge in [-0.05, 0) is 29.7 Å². The van der Waals surface area contributed by atoms with Crippen LogP contribution in [0.2, 0.25) is 5.02 Å². The maximum Gasteiger partial charge on any atom is 0.311 e. The summed E-state index contributed by atoms with van der Waals surface area (Å²) >= 11 is 5.93. The molecule has 0 aliphatic carbocycles. The van der Waals surface area contributed by atoms with Crippen molar-refractivity contribution in [2.45, 2.75) is 12.3 Å². The van der Waals surface area contributed by atoms with Crippen LogP contribution < -0.4 is 0 Å². The number of hydrogen-bond donors (Lipinski definition) is 1. The second-order valence-electron chi connectivity index (χ2n) is 4.24. The van der Waals surface area contributed by atoms with Crippen molar-refractivity contribution in [2.24, 2.45) is 0 Å². The van der Waals surface area contributed by atoms with E-state index in [4.69, 9.17) is 11.6 Å². The van der Waals surface area contributed by atoms with E-state index in [1.165, 1.54) is 18.2 Å². The van der Waals surface area contributed by atoms with Crippen LogP contribution in [-0.2, 0) is 11.2 Å². The molecule has 0 spiro atoms. The van der Waals surface area contributed by atoms with Gasteiger partial charge in [-0.15, -0.1) is 0 Å². The van der Waals surface area contributed by atoms with E-state index in [0.717, 1.165) is 0 Å². The summed E-state index contributed by atoms with van der Waals surface area (Å²) < 4.78 is 13.0. The third-order valence-electron chi connectivity index (χ3n) is 2.94. The first-order chi connectivity index (χ1) is 9.08. The summed E-state index contributed by atoms with van der Waals surface area (Å²) in [6.45, 7) is 0. The summed E-state index contributed by atoms with van der Waals surface area (Å²) in [5.74, 6) is -2.05. The number of aliphatic carboxylic acids is 1. The summed E-state index contributed by atoms with van der Waals surface area (Å²) in [5, 5.41) is 9.57. The molecule has 98 valence electrons. The monoisotopic (exact) mass is 278 g/mol. The molecule has 1 N–H and O–H groups in total. The molecule has 0 radical (unpaired) electrons. The minimum atomic E-state index is -0.924. The van der Waals surface area contributed by atoms with Crippen molar-refractivity contribution in [2.75, 3.05) is 0 Å². The van der Waals surface area contributed by atoms with Crippen LogP contribution in [0.25, 0.3) is 0 Å². The Hall–Kier alpha value is -1.87. The van der Waals surface area contributed by atoms with Gasteiger partial charge >= 0.3 is 5.97 Å². The molecule has 2 rings (SSSR count). The highest BCUT2D eigenvalue weighted by Crippen LogP contribution is 2.26. The van der Waals surface area contributed by atoms with Crippen LogP contribution in [-0.4, -0.2) is 11.1 Å². The molecule has 2 nitrogen and oxygen atoms in total. The number of hydrogen-bond acceptors (Lipinski definition) is 1. The van der Waals surface area contributed by atoms with Crippen LogP contribution in [0.1, 0.15) is 17.0 Å². The van der Waals surface area contributed by atoms with Crippen molar-refractivity contribution in [1.29, 1.82) is 0 Å². The van der Waals surface area contributed by atoms with Crippen LogP contribution in [0.4, 0.5) is 4.39 Å². The van der Waals surface area contributed by atoms with Crippen LogP contribution in [0, 0.1) is 5.82 Å². The molecular formula is C15H12ClFO2. The van der Waals surface area contributed by atoms with Gasteiger partial charge in [-0.25, -0.2) is 4.39 Å². The lowest BCUT2D eigenvalue weighted by atomic mass is 9.92. The van der Waals surface area contributed by atoms with Gasteiger partial charge in [0.05, 0.1) is 5.92 Å². The van der Waals surface area contributed by atoms with Gasteiger partial charge in [0.1, 0.15) is 5.82 Å². The molecule has 0 aliphatic rings. The quantitative estimate of drug-likeness (QED) is 0.921.